The van der Waals surface area contributed by atoms with Gasteiger partial charge in [0.25, 0.3) is 0 Å². The zero-order valence-corrected chi connectivity index (χ0v) is 10.4. The van der Waals surface area contributed by atoms with Gasteiger partial charge in [-0.1, -0.05) is 32.0 Å². The molecule has 0 bridgehead atoms. The summed E-state index contributed by atoms with van der Waals surface area (Å²) in [5.41, 5.74) is 1.67. The number of nitrogens with zero attached hydrogens (tertiary/aromatic N) is 1. The van der Waals surface area contributed by atoms with Gasteiger partial charge in [0, 0.05) is 17.5 Å². The zero-order chi connectivity index (χ0) is 12.3. The van der Waals surface area contributed by atoms with Crippen molar-refractivity contribution in [1.29, 1.82) is 0 Å². The number of para-hydroxylation sites is 1. The molecule has 1 heterocycles. The molecule has 1 aromatic heterocycles. The molecule has 92 valence electrons. The van der Waals surface area contributed by atoms with Gasteiger partial charge in [0.2, 0.25) is 0 Å². The minimum absolute atomic E-state index is 0.496. The first kappa shape index (κ1) is 12.1. The van der Waals surface area contributed by atoms with Crippen molar-refractivity contribution in [3.63, 3.8) is 0 Å². The topological polar surface area (TPSA) is 36.6 Å². The van der Waals surface area contributed by atoms with Gasteiger partial charge < -0.3 is 14.4 Å². The molecule has 1 aromatic carbocycles. The Balaban J connectivity index is 2.23. The molecule has 2 rings (SSSR count). The molecule has 0 spiro atoms. The Morgan fingerprint density at radius 2 is 2.00 bits per heavy atom. The lowest BCUT2D eigenvalue weighted by atomic mass is 10.1. The maximum absolute atomic E-state index is 10.3. The van der Waals surface area contributed by atoms with Crippen LogP contribution in [0.15, 0.2) is 34.9 Å². The van der Waals surface area contributed by atoms with E-state index in [1.807, 2.05) is 24.3 Å². The second kappa shape index (κ2) is 5.34. The highest BCUT2D eigenvalue weighted by Gasteiger charge is 2.15. The number of aliphatic hydroxyl groups is 1. The van der Waals surface area contributed by atoms with E-state index in [1.54, 1.807) is 6.26 Å². The first-order chi connectivity index (χ1) is 8.26. The van der Waals surface area contributed by atoms with Crippen molar-refractivity contribution in [2.45, 2.75) is 20.0 Å². The third-order valence-electron chi connectivity index (χ3n) is 3.19. The third-order valence-corrected chi connectivity index (χ3v) is 3.19. The molecule has 2 aromatic rings. The summed E-state index contributed by atoms with van der Waals surface area (Å²) >= 11 is 0. The molecule has 1 atom stereocenters. The lowest BCUT2D eigenvalue weighted by Crippen LogP contribution is -2.28. The van der Waals surface area contributed by atoms with Gasteiger partial charge in [-0.2, -0.15) is 0 Å². The van der Waals surface area contributed by atoms with Crippen molar-refractivity contribution in [1.82, 2.24) is 4.90 Å². The average molecular weight is 233 g/mol. The Labute approximate surface area is 102 Å². The van der Waals surface area contributed by atoms with Crippen LogP contribution in [-0.4, -0.2) is 29.6 Å². The van der Waals surface area contributed by atoms with E-state index < -0.39 is 6.10 Å². The summed E-state index contributed by atoms with van der Waals surface area (Å²) in [6.07, 6.45) is 1.17. The van der Waals surface area contributed by atoms with Crippen LogP contribution in [0, 0.1) is 0 Å². The van der Waals surface area contributed by atoms with E-state index in [-0.39, 0.29) is 0 Å². The predicted molar refractivity (Wildman–Crippen MR) is 69.0 cm³/mol. The van der Waals surface area contributed by atoms with Crippen LogP contribution in [0.2, 0.25) is 0 Å². The summed E-state index contributed by atoms with van der Waals surface area (Å²) in [5, 5.41) is 11.3. The fraction of sp³-hybridized carbons (Fsp3) is 0.429. The fourth-order valence-corrected chi connectivity index (χ4v) is 2.10. The lowest BCUT2D eigenvalue weighted by Gasteiger charge is -2.22. The Bertz CT molecular complexity index is 474. The second-order valence-corrected chi connectivity index (χ2v) is 4.19. The van der Waals surface area contributed by atoms with E-state index in [0.717, 1.165) is 29.6 Å². The molecule has 0 radical (unpaired) electrons. The van der Waals surface area contributed by atoms with E-state index in [2.05, 4.69) is 18.7 Å². The third kappa shape index (κ3) is 2.51. The van der Waals surface area contributed by atoms with Crippen LogP contribution in [0.25, 0.3) is 11.0 Å². The Kier molecular flexibility index (Phi) is 3.82. The molecule has 0 aliphatic heterocycles. The average Bonchev–Trinajstić information content (AvgIpc) is 2.83. The van der Waals surface area contributed by atoms with Crippen molar-refractivity contribution in [2.75, 3.05) is 19.6 Å². The van der Waals surface area contributed by atoms with Gasteiger partial charge in [-0.15, -0.1) is 0 Å². The highest BCUT2D eigenvalue weighted by molar-refractivity contribution is 5.80. The molecule has 0 aliphatic rings. The van der Waals surface area contributed by atoms with Crippen molar-refractivity contribution < 1.29 is 9.52 Å². The summed E-state index contributed by atoms with van der Waals surface area (Å²) in [6.45, 7) is 6.74. The number of furan rings is 1. The fourth-order valence-electron chi connectivity index (χ4n) is 2.10. The molecule has 1 unspecified atom stereocenters. The Morgan fingerprint density at radius 3 is 2.71 bits per heavy atom. The van der Waals surface area contributed by atoms with Gasteiger partial charge in [0.1, 0.15) is 5.58 Å². The molecule has 0 saturated heterocycles. The summed E-state index contributed by atoms with van der Waals surface area (Å²) in [6, 6.07) is 7.80. The quantitative estimate of drug-likeness (QED) is 0.862. The number of rotatable bonds is 5. The summed E-state index contributed by atoms with van der Waals surface area (Å²) in [5.74, 6) is 0. The first-order valence-corrected chi connectivity index (χ1v) is 6.12. The van der Waals surface area contributed by atoms with Crippen LogP contribution in [0.4, 0.5) is 0 Å². The molecule has 0 saturated carbocycles. The zero-order valence-electron chi connectivity index (χ0n) is 10.4. The number of fused-ring (bicyclic) bond motifs is 1. The monoisotopic (exact) mass is 233 g/mol. The van der Waals surface area contributed by atoms with Gasteiger partial charge in [0.05, 0.1) is 12.4 Å². The van der Waals surface area contributed by atoms with Crippen LogP contribution >= 0.6 is 0 Å². The molecule has 0 fully saturated rings. The lowest BCUT2D eigenvalue weighted by molar-refractivity contribution is 0.119. The number of benzene rings is 1. The number of hydrogen-bond acceptors (Lipinski definition) is 3. The maximum atomic E-state index is 10.3. The predicted octanol–water partition coefficient (Wildman–Crippen LogP) is 2.81. The first-order valence-electron chi connectivity index (χ1n) is 6.12. The van der Waals surface area contributed by atoms with Gasteiger partial charge >= 0.3 is 0 Å². The summed E-state index contributed by atoms with van der Waals surface area (Å²) in [4.78, 5) is 2.20. The molecule has 0 amide bonds. The molecule has 0 aliphatic carbocycles. The highest BCUT2D eigenvalue weighted by atomic mass is 16.3. The van der Waals surface area contributed by atoms with Crippen LogP contribution in [0.1, 0.15) is 25.5 Å². The smallest absolute Gasteiger partial charge is 0.139 e. The van der Waals surface area contributed by atoms with Crippen LogP contribution < -0.4 is 0 Å². The minimum Gasteiger partial charge on any atom is -0.464 e. The SMILES string of the molecule is CCN(CC)CC(O)c1cccc2ccoc12. The molecule has 1 N–H and O–H groups in total. The van der Waals surface area contributed by atoms with E-state index in [9.17, 15) is 5.11 Å². The number of likely N-dealkylation sites (N-methyl/N-ethyl adjacent to an activating group) is 1. The standard InChI is InChI=1S/C14H19NO2/c1-3-15(4-2)10-13(16)12-7-5-6-11-8-9-17-14(11)12/h5-9,13,16H,3-4,10H2,1-2H3. The second-order valence-electron chi connectivity index (χ2n) is 4.19. The molecule has 3 heteroatoms. The van der Waals surface area contributed by atoms with Gasteiger partial charge in [-0.25, -0.2) is 0 Å². The van der Waals surface area contributed by atoms with Crippen LogP contribution in [0.5, 0.6) is 0 Å². The van der Waals surface area contributed by atoms with E-state index in [4.69, 9.17) is 4.42 Å². The van der Waals surface area contributed by atoms with Crippen molar-refractivity contribution in [3.05, 3.63) is 36.1 Å². The van der Waals surface area contributed by atoms with Crippen molar-refractivity contribution >= 4 is 11.0 Å². The Hall–Kier alpha value is -1.32. The highest BCUT2D eigenvalue weighted by Crippen LogP contribution is 2.25. The number of hydrogen-bond donors (Lipinski definition) is 1. The largest absolute Gasteiger partial charge is 0.464 e. The van der Waals surface area contributed by atoms with E-state index in [0.29, 0.717) is 6.54 Å². The van der Waals surface area contributed by atoms with Crippen molar-refractivity contribution in [2.24, 2.45) is 0 Å². The summed E-state index contributed by atoms with van der Waals surface area (Å²) in [7, 11) is 0. The maximum Gasteiger partial charge on any atom is 0.139 e. The van der Waals surface area contributed by atoms with Crippen LogP contribution in [-0.2, 0) is 0 Å². The van der Waals surface area contributed by atoms with Gasteiger partial charge in [-0.05, 0) is 19.2 Å². The van der Waals surface area contributed by atoms with Crippen LogP contribution in [0.3, 0.4) is 0 Å². The number of aliphatic hydroxyl groups excluding tert-OH is 1. The molecule has 3 nitrogen and oxygen atoms in total. The van der Waals surface area contributed by atoms with E-state index >= 15 is 0 Å². The normalized spacial score (nSPS) is 13.4. The molecular formula is C14H19NO2. The van der Waals surface area contributed by atoms with E-state index in [1.165, 1.54) is 0 Å². The molecule has 17 heavy (non-hydrogen) atoms. The summed E-state index contributed by atoms with van der Waals surface area (Å²) < 4.78 is 5.44. The van der Waals surface area contributed by atoms with Crippen molar-refractivity contribution in [3.8, 4) is 0 Å². The minimum atomic E-state index is -0.496. The van der Waals surface area contributed by atoms with Gasteiger partial charge in [0.15, 0.2) is 0 Å². The van der Waals surface area contributed by atoms with Gasteiger partial charge in [-0.3, -0.25) is 0 Å². The Morgan fingerprint density at radius 1 is 1.24 bits per heavy atom. The molecular weight excluding hydrogens is 214 g/mol.